The molecule has 0 bridgehead atoms. The highest BCUT2D eigenvalue weighted by Gasteiger charge is 2.20. The summed E-state index contributed by atoms with van der Waals surface area (Å²) in [6.45, 7) is 2.87. The summed E-state index contributed by atoms with van der Waals surface area (Å²) in [7, 11) is 0. The minimum absolute atomic E-state index is 0.0223. The Morgan fingerprint density at radius 1 is 1.45 bits per heavy atom. The van der Waals surface area contributed by atoms with Gasteiger partial charge in [-0.2, -0.15) is 0 Å². The number of benzene rings is 1. The van der Waals surface area contributed by atoms with Crippen LogP contribution in [0.15, 0.2) is 24.3 Å². The Kier molecular flexibility index (Phi) is 6.68. The first-order chi connectivity index (χ1) is 10.5. The van der Waals surface area contributed by atoms with Crippen LogP contribution in [0.25, 0.3) is 0 Å². The zero-order valence-corrected chi connectivity index (χ0v) is 13.8. The number of rotatable bonds is 6. The van der Waals surface area contributed by atoms with E-state index >= 15 is 0 Å². The van der Waals surface area contributed by atoms with Crippen molar-refractivity contribution in [2.24, 2.45) is 5.92 Å². The van der Waals surface area contributed by atoms with E-state index in [4.69, 9.17) is 11.6 Å². The molecule has 0 radical (unpaired) electrons. The number of anilines is 1. The largest absolute Gasteiger partial charge is 0.393 e. The first kappa shape index (κ1) is 17.3. The lowest BCUT2D eigenvalue weighted by molar-refractivity contribution is -0.116. The fraction of sp³-hybridized carbons (Fsp3) is 0.588. The SMILES string of the molecule is CC(CC(=O)Nc1cccc(Cl)c1)NCC1CCCC(O)C1. The number of nitrogens with one attached hydrogen (secondary N) is 2. The molecule has 1 fully saturated rings. The second kappa shape index (κ2) is 8.51. The summed E-state index contributed by atoms with van der Waals surface area (Å²) in [6, 6.07) is 7.26. The lowest BCUT2D eigenvalue weighted by atomic mass is 9.87. The van der Waals surface area contributed by atoms with Gasteiger partial charge in [-0.15, -0.1) is 0 Å². The molecule has 3 unspecified atom stereocenters. The molecular weight excluding hydrogens is 300 g/mol. The van der Waals surface area contributed by atoms with Gasteiger partial charge in [0.25, 0.3) is 0 Å². The molecule has 4 nitrogen and oxygen atoms in total. The molecule has 122 valence electrons. The number of carbonyl (C=O) groups excluding carboxylic acids is 1. The third kappa shape index (κ3) is 5.95. The molecule has 1 aliphatic carbocycles. The fourth-order valence-electron chi connectivity index (χ4n) is 2.94. The predicted octanol–water partition coefficient (Wildman–Crippen LogP) is 3.20. The van der Waals surface area contributed by atoms with E-state index < -0.39 is 0 Å². The molecule has 0 spiro atoms. The van der Waals surface area contributed by atoms with E-state index in [1.807, 2.05) is 19.1 Å². The molecule has 0 heterocycles. The molecule has 1 amide bonds. The molecule has 1 saturated carbocycles. The Bertz CT molecular complexity index is 495. The molecule has 0 aromatic heterocycles. The second-order valence-corrected chi connectivity index (χ2v) is 6.69. The van der Waals surface area contributed by atoms with Gasteiger partial charge in [-0.25, -0.2) is 0 Å². The predicted molar refractivity (Wildman–Crippen MR) is 90.1 cm³/mol. The molecule has 3 N–H and O–H groups in total. The highest BCUT2D eigenvalue weighted by molar-refractivity contribution is 6.30. The Hall–Kier alpha value is -1.10. The monoisotopic (exact) mass is 324 g/mol. The van der Waals surface area contributed by atoms with Gasteiger partial charge < -0.3 is 15.7 Å². The van der Waals surface area contributed by atoms with Crippen molar-refractivity contribution in [1.29, 1.82) is 0 Å². The molecule has 1 aromatic carbocycles. The molecule has 1 aliphatic rings. The van der Waals surface area contributed by atoms with E-state index in [9.17, 15) is 9.90 Å². The molecule has 0 saturated heterocycles. The van der Waals surface area contributed by atoms with Crippen LogP contribution in [0, 0.1) is 5.92 Å². The van der Waals surface area contributed by atoms with Gasteiger partial charge in [-0.3, -0.25) is 4.79 Å². The van der Waals surface area contributed by atoms with Gasteiger partial charge in [0.15, 0.2) is 0 Å². The molecule has 2 rings (SSSR count). The summed E-state index contributed by atoms with van der Waals surface area (Å²) < 4.78 is 0. The molecule has 3 atom stereocenters. The summed E-state index contributed by atoms with van der Waals surface area (Å²) in [5.41, 5.74) is 0.722. The Morgan fingerprint density at radius 2 is 2.27 bits per heavy atom. The van der Waals surface area contributed by atoms with Crippen molar-refractivity contribution in [3.8, 4) is 0 Å². The first-order valence-electron chi connectivity index (χ1n) is 8.00. The van der Waals surface area contributed by atoms with Crippen LogP contribution in [-0.2, 0) is 4.79 Å². The van der Waals surface area contributed by atoms with Gasteiger partial charge in [-0.1, -0.05) is 24.1 Å². The smallest absolute Gasteiger partial charge is 0.225 e. The van der Waals surface area contributed by atoms with Crippen molar-refractivity contribution < 1.29 is 9.90 Å². The molecule has 1 aromatic rings. The van der Waals surface area contributed by atoms with Gasteiger partial charge >= 0.3 is 0 Å². The van der Waals surface area contributed by atoms with Crippen LogP contribution in [0.3, 0.4) is 0 Å². The Labute approximate surface area is 137 Å². The van der Waals surface area contributed by atoms with Crippen LogP contribution in [0.2, 0.25) is 5.02 Å². The minimum Gasteiger partial charge on any atom is -0.393 e. The molecule has 22 heavy (non-hydrogen) atoms. The fourth-order valence-corrected chi connectivity index (χ4v) is 3.13. The maximum absolute atomic E-state index is 12.0. The number of hydrogen-bond acceptors (Lipinski definition) is 3. The number of carbonyl (C=O) groups is 1. The maximum Gasteiger partial charge on any atom is 0.225 e. The van der Waals surface area contributed by atoms with Gasteiger partial charge in [0, 0.05) is 23.2 Å². The topological polar surface area (TPSA) is 61.4 Å². The van der Waals surface area contributed by atoms with Crippen molar-refractivity contribution in [3.05, 3.63) is 29.3 Å². The van der Waals surface area contributed by atoms with Crippen molar-refractivity contribution >= 4 is 23.2 Å². The van der Waals surface area contributed by atoms with Crippen molar-refractivity contribution in [2.75, 3.05) is 11.9 Å². The van der Waals surface area contributed by atoms with Crippen LogP contribution in [0.1, 0.15) is 39.0 Å². The second-order valence-electron chi connectivity index (χ2n) is 6.26. The molecule has 5 heteroatoms. The normalized spacial score (nSPS) is 23.0. The number of amides is 1. The van der Waals surface area contributed by atoms with E-state index in [1.165, 1.54) is 0 Å². The number of halogens is 1. The van der Waals surface area contributed by atoms with Crippen LogP contribution >= 0.6 is 11.6 Å². The average molecular weight is 325 g/mol. The van der Waals surface area contributed by atoms with Gasteiger partial charge in [0.1, 0.15) is 0 Å². The van der Waals surface area contributed by atoms with Crippen LogP contribution in [0.4, 0.5) is 5.69 Å². The van der Waals surface area contributed by atoms with Crippen molar-refractivity contribution in [3.63, 3.8) is 0 Å². The number of aliphatic hydroxyl groups is 1. The summed E-state index contributed by atoms with van der Waals surface area (Å²) in [4.78, 5) is 12.0. The third-order valence-electron chi connectivity index (χ3n) is 4.11. The Morgan fingerprint density at radius 3 is 3.00 bits per heavy atom. The average Bonchev–Trinajstić information content (AvgIpc) is 2.45. The third-order valence-corrected chi connectivity index (χ3v) is 4.35. The van der Waals surface area contributed by atoms with Crippen LogP contribution in [-0.4, -0.2) is 29.7 Å². The number of hydrogen-bond donors (Lipinski definition) is 3. The summed E-state index contributed by atoms with van der Waals surface area (Å²) in [6.07, 6.45) is 4.31. The number of aliphatic hydroxyl groups excluding tert-OH is 1. The summed E-state index contributed by atoms with van der Waals surface area (Å²) >= 11 is 5.90. The quantitative estimate of drug-likeness (QED) is 0.753. The summed E-state index contributed by atoms with van der Waals surface area (Å²) in [5.74, 6) is 0.494. The van der Waals surface area contributed by atoms with Gasteiger partial charge in [0.2, 0.25) is 5.91 Å². The van der Waals surface area contributed by atoms with E-state index in [0.717, 1.165) is 37.9 Å². The van der Waals surface area contributed by atoms with E-state index in [1.54, 1.807) is 12.1 Å². The van der Waals surface area contributed by atoms with Gasteiger partial charge in [0.05, 0.1) is 6.10 Å². The van der Waals surface area contributed by atoms with Crippen molar-refractivity contribution in [1.82, 2.24) is 5.32 Å². The van der Waals surface area contributed by atoms with Crippen LogP contribution in [0.5, 0.6) is 0 Å². The highest BCUT2D eigenvalue weighted by Crippen LogP contribution is 2.23. The van der Waals surface area contributed by atoms with Crippen LogP contribution < -0.4 is 10.6 Å². The molecular formula is C17H25ClN2O2. The maximum atomic E-state index is 12.0. The zero-order chi connectivity index (χ0) is 15.9. The minimum atomic E-state index is -0.151. The standard InChI is InChI=1S/C17H25ClN2O2/c1-12(19-11-13-4-2-7-16(21)9-13)8-17(22)20-15-6-3-5-14(18)10-15/h3,5-6,10,12-13,16,19,21H,2,4,7-9,11H2,1H3,(H,20,22). The zero-order valence-electron chi connectivity index (χ0n) is 13.0. The van der Waals surface area contributed by atoms with E-state index in [2.05, 4.69) is 10.6 Å². The summed E-state index contributed by atoms with van der Waals surface area (Å²) in [5, 5.41) is 16.5. The van der Waals surface area contributed by atoms with E-state index in [-0.39, 0.29) is 18.1 Å². The lowest BCUT2D eigenvalue weighted by Gasteiger charge is -2.27. The van der Waals surface area contributed by atoms with Gasteiger partial charge in [-0.05, 0) is 56.8 Å². The molecule has 0 aliphatic heterocycles. The Balaban J connectivity index is 1.69. The van der Waals surface area contributed by atoms with Crippen molar-refractivity contribution in [2.45, 2.75) is 51.2 Å². The highest BCUT2D eigenvalue weighted by atomic mass is 35.5. The van der Waals surface area contributed by atoms with E-state index in [0.29, 0.717) is 17.4 Å². The first-order valence-corrected chi connectivity index (χ1v) is 8.37. The lowest BCUT2D eigenvalue weighted by Crippen LogP contribution is -2.36.